The van der Waals surface area contributed by atoms with Crippen molar-refractivity contribution < 1.29 is 19.1 Å². The standard InChI is InChI=1S/C25H29N5O4S2/c1-2-34-17-11-9-15(10-12-17)21(24(32)28-16-6-3-4-7-16)30(14-18-8-5-13-35-18)25(33)22-19(26)20(23(27)31)29-36-22/h5,8-13,16,21H,2-4,6-7,14,26H2,1H3,(H2,27,31)(H,28,32)/t21-/m0/s1. The summed E-state index contributed by atoms with van der Waals surface area (Å²) in [7, 11) is 0. The number of nitrogens with zero attached hydrogens (tertiary/aromatic N) is 2. The second-order valence-corrected chi connectivity index (χ2v) is 10.4. The Hall–Kier alpha value is -3.44. The van der Waals surface area contributed by atoms with Crippen LogP contribution in [-0.2, 0) is 11.3 Å². The lowest BCUT2D eigenvalue weighted by molar-refractivity contribution is -0.126. The van der Waals surface area contributed by atoms with Crippen LogP contribution >= 0.6 is 22.9 Å². The van der Waals surface area contributed by atoms with Crippen molar-refractivity contribution in [3.8, 4) is 5.75 Å². The molecule has 1 aliphatic rings. The zero-order valence-electron chi connectivity index (χ0n) is 19.9. The number of carbonyl (C=O) groups excluding carboxylic acids is 3. The Morgan fingerprint density at radius 1 is 1.19 bits per heavy atom. The highest BCUT2D eigenvalue weighted by Crippen LogP contribution is 2.32. The van der Waals surface area contributed by atoms with Crippen molar-refractivity contribution in [2.75, 3.05) is 12.3 Å². The molecule has 5 N–H and O–H groups in total. The van der Waals surface area contributed by atoms with E-state index in [2.05, 4.69) is 9.69 Å². The van der Waals surface area contributed by atoms with Crippen LogP contribution in [0.2, 0.25) is 0 Å². The maximum absolute atomic E-state index is 13.9. The van der Waals surface area contributed by atoms with Crippen LogP contribution in [0.4, 0.5) is 5.69 Å². The molecule has 1 saturated carbocycles. The van der Waals surface area contributed by atoms with Gasteiger partial charge in [-0.1, -0.05) is 31.0 Å². The minimum Gasteiger partial charge on any atom is -0.494 e. The van der Waals surface area contributed by atoms with Crippen LogP contribution in [0, 0.1) is 0 Å². The molecular weight excluding hydrogens is 498 g/mol. The number of aromatic nitrogens is 1. The lowest BCUT2D eigenvalue weighted by Crippen LogP contribution is -2.45. The van der Waals surface area contributed by atoms with Crippen molar-refractivity contribution in [2.24, 2.45) is 5.73 Å². The van der Waals surface area contributed by atoms with Gasteiger partial charge < -0.3 is 26.4 Å². The predicted octanol–water partition coefficient (Wildman–Crippen LogP) is 3.73. The van der Waals surface area contributed by atoms with Crippen molar-refractivity contribution in [3.05, 3.63) is 62.8 Å². The van der Waals surface area contributed by atoms with Crippen molar-refractivity contribution in [1.82, 2.24) is 14.6 Å². The molecule has 1 aliphatic carbocycles. The van der Waals surface area contributed by atoms with E-state index >= 15 is 0 Å². The van der Waals surface area contributed by atoms with Gasteiger partial charge in [0.25, 0.3) is 11.8 Å². The highest BCUT2D eigenvalue weighted by molar-refractivity contribution is 7.10. The summed E-state index contributed by atoms with van der Waals surface area (Å²) in [6, 6.07) is 10.1. The Balaban J connectivity index is 1.76. The summed E-state index contributed by atoms with van der Waals surface area (Å²) in [5, 5.41) is 5.05. The second-order valence-electron chi connectivity index (χ2n) is 8.55. The first kappa shape index (κ1) is 25.6. The molecular formula is C25H29N5O4S2. The highest BCUT2D eigenvalue weighted by atomic mass is 32.1. The van der Waals surface area contributed by atoms with Crippen molar-refractivity contribution in [2.45, 2.75) is 51.2 Å². The molecule has 1 aromatic carbocycles. The van der Waals surface area contributed by atoms with Gasteiger partial charge in [-0.25, -0.2) is 0 Å². The number of rotatable bonds is 10. The van der Waals surface area contributed by atoms with Crippen LogP contribution in [-0.4, -0.2) is 39.6 Å². The van der Waals surface area contributed by atoms with E-state index in [1.54, 1.807) is 24.3 Å². The number of hydrogen-bond acceptors (Lipinski definition) is 8. The fraction of sp³-hybridized carbons (Fsp3) is 0.360. The number of amides is 3. The van der Waals surface area contributed by atoms with Crippen LogP contribution in [0.3, 0.4) is 0 Å². The number of nitrogen functional groups attached to an aromatic ring is 1. The first-order valence-electron chi connectivity index (χ1n) is 11.8. The van der Waals surface area contributed by atoms with Crippen LogP contribution < -0.4 is 21.5 Å². The Labute approximate surface area is 217 Å². The zero-order chi connectivity index (χ0) is 25.7. The Bertz CT molecular complexity index is 1200. The average molecular weight is 528 g/mol. The van der Waals surface area contributed by atoms with Gasteiger partial charge in [0.15, 0.2) is 5.69 Å². The van der Waals surface area contributed by atoms with Gasteiger partial charge >= 0.3 is 0 Å². The molecule has 2 aromatic heterocycles. The Morgan fingerprint density at radius 3 is 2.50 bits per heavy atom. The number of thiophene rings is 1. The smallest absolute Gasteiger partial charge is 0.270 e. The zero-order valence-corrected chi connectivity index (χ0v) is 21.6. The van der Waals surface area contributed by atoms with E-state index in [0.29, 0.717) is 17.9 Å². The number of carbonyl (C=O) groups is 3. The number of primary amides is 1. The molecule has 3 aromatic rings. The summed E-state index contributed by atoms with van der Waals surface area (Å²) in [5.74, 6) is -0.902. The van der Waals surface area contributed by atoms with Gasteiger partial charge in [-0.3, -0.25) is 14.4 Å². The molecule has 0 unspecified atom stereocenters. The molecule has 190 valence electrons. The quantitative estimate of drug-likeness (QED) is 0.367. The predicted molar refractivity (Wildman–Crippen MR) is 140 cm³/mol. The third-order valence-corrected chi connectivity index (χ3v) is 7.80. The molecule has 0 aliphatic heterocycles. The van der Waals surface area contributed by atoms with Gasteiger partial charge in [-0.2, -0.15) is 4.37 Å². The summed E-state index contributed by atoms with van der Waals surface area (Å²) < 4.78 is 9.55. The third-order valence-electron chi connectivity index (χ3n) is 6.09. The van der Waals surface area contributed by atoms with Gasteiger partial charge in [-0.05, 0) is 60.4 Å². The third kappa shape index (κ3) is 5.68. The van der Waals surface area contributed by atoms with E-state index in [1.165, 1.54) is 16.2 Å². The molecule has 1 atom stereocenters. The maximum atomic E-state index is 13.9. The topological polar surface area (TPSA) is 141 Å². The summed E-state index contributed by atoms with van der Waals surface area (Å²) in [5.41, 5.74) is 11.9. The maximum Gasteiger partial charge on any atom is 0.270 e. The molecule has 0 saturated heterocycles. The van der Waals surface area contributed by atoms with E-state index < -0.39 is 17.9 Å². The molecule has 1 fully saturated rings. The van der Waals surface area contributed by atoms with Gasteiger partial charge in [0.2, 0.25) is 5.91 Å². The normalized spacial score (nSPS) is 14.4. The average Bonchev–Trinajstić information content (AvgIpc) is 3.62. The number of ether oxygens (including phenoxy) is 1. The van der Waals surface area contributed by atoms with Crippen molar-refractivity contribution in [1.29, 1.82) is 0 Å². The van der Waals surface area contributed by atoms with Gasteiger partial charge in [0.1, 0.15) is 16.7 Å². The molecule has 0 bridgehead atoms. The number of nitrogens with two attached hydrogens (primary N) is 2. The summed E-state index contributed by atoms with van der Waals surface area (Å²) >= 11 is 2.29. The summed E-state index contributed by atoms with van der Waals surface area (Å²) in [6.07, 6.45) is 3.93. The second kappa shape index (κ2) is 11.5. The molecule has 2 heterocycles. The minimum absolute atomic E-state index is 0.0660. The fourth-order valence-corrected chi connectivity index (χ4v) is 5.81. The number of anilines is 1. The molecule has 0 spiro atoms. The lowest BCUT2D eigenvalue weighted by atomic mass is 10.0. The highest BCUT2D eigenvalue weighted by Gasteiger charge is 2.36. The largest absolute Gasteiger partial charge is 0.494 e. The fourth-order valence-electron chi connectivity index (χ4n) is 4.35. The lowest BCUT2D eigenvalue weighted by Gasteiger charge is -2.32. The van der Waals surface area contributed by atoms with Crippen LogP contribution in [0.25, 0.3) is 0 Å². The minimum atomic E-state index is -0.936. The summed E-state index contributed by atoms with van der Waals surface area (Å²) in [4.78, 5) is 41.9. The Kier molecular flexibility index (Phi) is 8.21. The number of nitrogens with one attached hydrogen (secondary N) is 1. The van der Waals surface area contributed by atoms with Crippen LogP contribution in [0.5, 0.6) is 5.75 Å². The van der Waals surface area contributed by atoms with E-state index in [4.69, 9.17) is 16.2 Å². The van der Waals surface area contributed by atoms with Gasteiger partial charge in [-0.15, -0.1) is 11.3 Å². The molecule has 9 nitrogen and oxygen atoms in total. The first-order valence-corrected chi connectivity index (χ1v) is 13.5. The molecule has 11 heteroatoms. The first-order chi connectivity index (χ1) is 17.4. The number of hydrogen-bond donors (Lipinski definition) is 3. The molecule has 4 rings (SSSR count). The van der Waals surface area contributed by atoms with Gasteiger partial charge in [0.05, 0.1) is 18.8 Å². The van der Waals surface area contributed by atoms with Crippen molar-refractivity contribution in [3.63, 3.8) is 0 Å². The monoisotopic (exact) mass is 527 g/mol. The van der Waals surface area contributed by atoms with Crippen molar-refractivity contribution >= 4 is 46.3 Å². The molecule has 36 heavy (non-hydrogen) atoms. The summed E-state index contributed by atoms with van der Waals surface area (Å²) in [6.45, 7) is 2.59. The SMILES string of the molecule is CCOc1ccc([C@@H](C(=O)NC2CCCC2)N(Cc2cccs2)C(=O)c2snc(C(N)=O)c2N)cc1. The van der Waals surface area contributed by atoms with E-state index in [-0.39, 0.29) is 34.8 Å². The van der Waals surface area contributed by atoms with E-state index in [1.807, 2.05) is 24.4 Å². The molecule has 0 radical (unpaired) electrons. The Morgan fingerprint density at radius 2 is 1.92 bits per heavy atom. The molecule has 3 amide bonds. The van der Waals surface area contributed by atoms with Gasteiger partial charge in [0, 0.05) is 10.9 Å². The number of benzene rings is 1. The van der Waals surface area contributed by atoms with Crippen LogP contribution in [0.1, 0.15) is 69.2 Å². The van der Waals surface area contributed by atoms with E-state index in [9.17, 15) is 14.4 Å². The van der Waals surface area contributed by atoms with E-state index in [0.717, 1.165) is 42.1 Å². The van der Waals surface area contributed by atoms with Crippen LogP contribution in [0.15, 0.2) is 41.8 Å².